The maximum absolute atomic E-state index is 9.84. The average molecular weight is 344 g/mol. The van der Waals surface area contributed by atoms with Crippen molar-refractivity contribution >= 4 is 0 Å². The summed E-state index contributed by atoms with van der Waals surface area (Å²) in [7, 11) is 0. The van der Waals surface area contributed by atoms with Crippen molar-refractivity contribution in [2.45, 2.75) is 124 Å². The lowest BCUT2D eigenvalue weighted by Crippen LogP contribution is -2.42. The molecule has 0 aliphatic rings. The van der Waals surface area contributed by atoms with Crippen LogP contribution in [0.2, 0.25) is 0 Å². The Hall–Kier alpha value is -0.120. The topological polar surface area (TPSA) is 41.5 Å². The largest absolute Gasteiger partial charge is 0.378 e. The van der Waals surface area contributed by atoms with Crippen LogP contribution in [0.1, 0.15) is 111 Å². The molecular weight excluding hydrogens is 298 g/mol. The van der Waals surface area contributed by atoms with Gasteiger partial charge in [0.2, 0.25) is 0 Å². The number of hydrogen-bond acceptors (Lipinski definition) is 3. The number of nitrogens with one attached hydrogen (secondary N) is 1. The van der Waals surface area contributed by atoms with Crippen molar-refractivity contribution in [1.29, 1.82) is 0 Å². The molecule has 0 heterocycles. The Kier molecular flexibility index (Phi) is 17.6. The van der Waals surface area contributed by atoms with E-state index in [1.165, 1.54) is 70.6 Å². The molecule has 0 radical (unpaired) electrons. The molecule has 24 heavy (non-hydrogen) atoms. The fourth-order valence-corrected chi connectivity index (χ4v) is 2.84. The van der Waals surface area contributed by atoms with E-state index >= 15 is 0 Å². The van der Waals surface area contributed by atoms with Gasteiger partial charge < -0.3 is 9.84 Å². The van der Waals surface area contributed by atoms with Crippen LogP contribution >= 0.6 is 0 Å². The predicted octanol–water partition coefficient (Wildman–Crippen LogP) is 6.00. The van der Waals surface area contributed by atoms with Crippen LogP contribution in [-0.4, -0.2) is 24.2 Å². The smallest absolute Gasteiger partial charge is 0.109 e. The molecule has 0 saturated heterocycles. The van der Waals surface area contributed by atoms with E-state index in [1.54, 1.807) is 0 Å². The first-order chi connectivity index (χ1) is 11.6. The van der Waals surface area contributed by atoms with E-state index in [-0.39, 0.29) is 12.1 Å². The molecule has 146 valence electrons. The SMILES string of the molecule is CCCCCCCCCCCCCCOC(CC)NC(O)C(C)C. The summed E-state index contributed by atoms with van der Waals surface area (Å²) in [4.78, 5) is 0. The molecule has 0 amide bonds. The first-order valence-electron chi connectivity index (χ1n) is 10.7. The van der Waals surface area contributed by atoms with Crippen LogP contribution in [0.3, 0.4) is 0 Å². The second-order valence-electron chi connectivity index (χ2n) is 7.51. The Balaban J connectivity index is 3.31. The lowest BCUT2D eigenvalue weighted by Gasteiger charge is -2.24. The molecule has 0 bridgehead atoms. The van der Waals surface area contributed by atoms with Gasteiger partial charge in [-0.25, -0.2) is 0 Å². The molecule has 0 fully saturated rings. The third-order valence-corrected chi connectivity index (χ3v) is 4.68. The summed E-state index contributed by atoms with van der Waals surface area (Å²) in [5.74, 6) is 0.217. The zero-order valence-electron chi connectivity index (χ0n) is 17.0. The molecule has 0 spiro atoms. The number of unbranched alkanes of at least 4 members (excludes halogenated alkanes) is 11. The minimum atomic E-state index is -0.475. The number of aliphatic hydroxyl groups is 1. The molecule has 0 aliphatic heterocycles. The quantitative estimate of drug-likeness (QED) is 0.237. The van der Waals surface area contributed by atoms with Gasteiger partial charge >= 0.3 is 0 Å². The highest BCUT2D eigenvalue weighted by Gasteiger charge is 2.14. The van der Waals surface area contributed by atoms with Gasteiger partial charge in [0, 0.05) is 6.61 Å². The average Bonchev–Trinajstić information content (AvgIpc) is 2.57. The summed E-state index contributed by atoms with van der Waals surface area (Å²) >= 11 is 0. The summed E-state index contributed by atoms with van der Waals surface area (Å²) < 4.78 is 5.83. The molecule has 3 heteroatoms. The number of hydrogen-bond donors (Lipinski definition) is 2. The number of rotatable bonds is 18. The molecule has 0 rings (SSSR count). The highest BCUT2D eigenvalue weighted by atomic mass is 16.5. The summed E-state index contributed by atoms with van der Waals surface area (Å²) in [6.07, 6.45) is 16.8. The Morgan fingerprint density at radius 3 is 1.62 bits per heavy atom. The van der Waals surface area contributed by atoms with E-state index in [4.69, 9.17) is 4.74 Å². The second kappa shape index (κ2) is 17.7. The van der Waals surface area contributed by atoms with Gasteiger partial charge in [-0.05, 0) is 18.8 Å². The lowest BCUT2D eigenvalue weighted by molar-refractivity contribution is -0.0313. The van der Waals surface area contributed by atoms with Crippen LogP contribution in [0.5, 0.6) is 0 Å². The molecule has 0 saturated carbocycles. The Morgan fingerprint density at radius 1 is 0.750 bits per heavy atom. The van der Waals surface area contributed by atoms with Gasteiger partial charge in [0.15, 0.2) is 0 Å². The number of ether oxygens (including phenoxy) is 1. The van der Waals surface area contributed by atoms with Crippen molar-refractivity contribution in [3.8, 4) is 0 Å². The maximum Gasteiger partial charge on any atom is 0.109 e. The molecule has 0 aromatic rings. The zero-order valence-corrected chi connectivity index (χ0v) is 17.0. The Bertz CT molecular complexity index is 246. The van der Waals surface area contributed by atoms with Crippen molar-refractivity contribution in [3.05, 3.63) is 0 Å². The highest BCUT2D eigenvalue weighted by molar-refractivity contribution is 4.61. The summed E-state index contributed by atoms with van der Waals surface area (Å²) in [5, 5.41) is 13.0. The third kappa shape index (κ3) is 15.4. The van der Waals surface area contributed by atoms with Gasteiger partial charge in [-0.1, -0.05) is 98.3 Å². The minimum Gasteiger partial charge on any atom is -0.378 e. The fourth-order valence-electron chi connectivity index (χ4n) is 2.84. The van der Waals surface area contributed by atoms with Crippen molar-refractivity contribution in [3.63, 3.8) is 0 Å². The third-order valence-electron chi connectivity index (χ3n) is 4.68. The van der Waals surface area contributed by atoms with Gasteiger partial charge in [-0.2, -0.15) is 0 Å². The maximum atomic E-state index is 9.84. The van der Waals surface area contributed by atoms with Crippen LogP contribution in [-0.2, 0) is 4.74 Å². The molecule has 2 unspecified atom stereocenters. The summed E-state index contributed by atoms with van der Waals surface area (Å²) in [5.41, 5.74) is 0. The van der Waals surface area contributed by atoms with Gasteiger partial charge in [0.1, 0.15) is 12.5 Å². The Morgan fingerprint density at radius 2 is 1.21 bits per heavy atom. The monoisotopic (exact) mass is 343 g/mol. The van der Waals surface area contributed by atoms with Gasteiger partial charge in [0.25, 0.3) is 0 Å². The van der Waals surface area contributed by atoms with E-state index < -0.39 is 6.23 Å². The van der Waals surface area contributed by atoms with Gasteiger partial charge in [-0.15, -0.1) is 0 Å². The Labute approximate surface area is 151 Å². The molecular formula is C21H45NO2. The van der Waals surface area contributed by atoms with Gasteiger partial charge in [-0.3, -0.25) is 5.32 Å². The molecule has 3 nitrogen and oxygen atoms in total. The van der Waals surface area contributed by atoms with Crippen LogP contribution in [0, 0.1) is 5.92 Å². The number of aliphatic hydroxyl groups excluding tert-OH is 1. The van der Waals surface area contributed by atoms with Crippen LogP contribution in [0.25, 0.3) is 0 Å². The molecule has 0 aromatic heterocycles. The molecule has 2 atom stereocenters. The van der Waals surface area contributed by atoms with Crippen molar-refractivity contribution in [1.82, 2.24) is 5.32 Å². The zero-order chi connectivity index (χ0) is 18.0. The lowest BCUT2D eigenvalue weighted by atomic mass is 10.1. The fraction of sp³-hybridized carbons (Fsp3) is 1.00. The molecule has 0 aromatic carbocycles. The first-order valence-corrected chi connectivity index (χ1v) is 10.7. The summed E-state index contributed by atoms with van der Waals surface area (Å²) in [6.45, 7) is 9.19. The van der Waals surface area contributed by atoms with Gasteiger partial charge in [0.05, 0.1) is 0 Å². The van der Waals surface area contributed by atoms with E-state index in [0.717, 1.165) is 19.4 Å². The van der Waals surface area contributed by atoms with Crippen molar-refractivity contribution in [2.75, 3.05) is 6.61 Å². The van der Waals surface area contributed by atoms with E-state index in [9.17, 15) is 5.11 Å². The highest BCUT2D eigenvalue weighted by Crippen LogP contribution is 2.12. The normalized spacial score (nSPS) is 14.2. The van der Waals surface area contributed by atoms with Crippen LogP contribution in [0.4, 0.5) is 0 Å². The minimum absolute atomic E-state index is 0.0184. The van der Waals surface area contributed by atoms with E-state index in [2.05, 4.69) is 19.2 Å². The van der Waals surface area contributed by atoms with Crippen LogP contribution in [0.15, 0.2) is 0 Å². The van der Waals surface area contributed by atoms with E-state index in [0.29, 0.717) is 0 Å². The van der Waals surface area contributed by atoms with E-state index in [1.807, 2.05) is 13.8 Å². The predicted molar refractivity (Wildman–Crippen MR) is 105 cm³/mol. The summed E-state index contributed by atoms with van der Waals surface area (Å²) in [6, 6.07) is 0. The van der Waals surface area contributed by atoms with Crippen LogP contribution < -0.4 is 5.32 Å². The second-order valence-corrected chi connectivity index (χ2v) is 7.51. The van der Waals surface area contributed by atoms with Crippen molar-refractivity contribution < 1.29 is 9.84 Å². The first kappa shape index (κ1) is 23.9. The molecule has 0 aliphatic carbocycles. The molecule has 2 N–H and O–H groups in total. The van der Waals surface area contributed by atoms with Crippen molar-refractivity contribution in [2.24, 2.45) is 5.92 Å². The standard InChI is InChI=1S/C21H45NO2/c1-5-7-8-9-10-11-12-13-14-15-16-17-18-24-20(6-2)22-21(23)19(3)4/h19-23H,5-18H2,1-4H3.